The summed E-state index contributed by atoms with van der Waals surface area (Å²) in [5, 5.41) is 5.56. The highest BCUT2D eigenvalue weighted by molar-refractivity contribution is 5.77. The van der Waals surface area contributed by atoms with Gasteiger partial charge in [-0.1, -0.05) is 19.3 Å². The van der Waals surface area contributed by atoms with E-state index >= 15 is 0 Å². The van der Waals surface area contributed by atoms with Gasteiger partial charge in [-0.2, -0.15) is 5.10 Å². The largest absolute Gasteiger partial charge is 0.300 e. The lowest BCUT2D eigenvalue weighted by molar-refractivity contribution is 0.106. The average molecular weight is 301 g/mol. The molecule has 2 aliphatic rings. The summed E-state index contributed by atoms with van der Waals surface area (Å²) in [6, 6.07) is 6.13. The number of halogens is 1. The van der Waals surface area contributed by atoms with Gasteiger partial charge in [-0.3, -0.25) is 4.68 Å². The van der Waals surface area contributed by atoms with Gasteiger partial charge in [-0.05, 0) is 43.9 Å². The molecule has 0 bridgehead atoms. The van der Waals surface area contributed by atoms with Crippen LogP contribution in [-0.2, 0) is 0 Å². The van der Waals surface area contributed by atoms with Gasteiger partial charge in [-0.25, -0.2) is 4.39 Å². The van der Waals surface area contributed by atoms with Gasteiger partial charge in [0, 0.05) is 30.7 Å². The van der Waals surface area contributed by atoms with Crippen LogP contribution in [0, 0.1) is 5.82 Å². The molecule has 0 unspecified atom stereocenters. The molecule has 1 saturated carbocycles. The molecule has 2 fully saturated rings. The van der Waals surface area contributed by atoms with Crippen molar-refractivity contribution in [2.45, 2.75) is 57.0 Å². The number of nitrogens with zero attached hydrogens (tertiary/aromatic N) is 3. The minimum Gasteiger partial charge on any atom is -0.300 e. The number of hydrogen-bond donors (Lipinski definition) is 0. The predicted octanol–water partition coefficient (Wildman–Crippen LogP) is 4.15. The maximum absolute atomic E-state index is 13.3. The van der Waals surface area contributed by atoms with Gasteiger partial charge in [0.05, 0.1) is 11.6 Å². The third-order valence-corrected chi connectivity index (χ3v) is 5.45. The molecule has 22 heavy (non-hydrogen) atoms. The normalized spacial score (nSPS) is 22.4. The minimum atomic E-state index is -0.181. The highest BCUT2D eigenvalue weighted by Gasteiger charge is 2.27. The van der Waals surface area contributed by atoms with Gasteiger partial charge < -0.3 is 4.90 Å². The lowest BCUT2D eigenvalue weighted by atomic mass is 9.92. The van der Waals surface area contributed by atoms with E-state index in [2.05, 4.69) is 14.7 Å². The first-order valence-electron chi connectivity index (χ1n) is 8.68. The molecule has 1 aliphatic carbocycles. The Hall–Kier alpha value is -1.42. The maximum Gasteiger partial charge on any atom is 0.124 e. The van der Waals surface area contributed by atoms with Gasteiger partial charge in [0.1, 0.15) is 5.82 Å². The Morgan fingerprint density at radius 3 is 2.50 bits per heavy atom. The predicted molar refractivity (Wildman–Crippen MR) is 86.4 cm³/mol. The van der Waals surface area contributed by atoms with Crippen molar-refractivity contribution in [2.24, 2.45) is 0 Å². The van der Waals surface area contributed by atoms with Crippen LogP contribution in [0.5, 0.6) is 0 Å². The molecule has 0 spiro atoms. The second-order valence-electron chi connectivity index (χ2n) is 6.87. The van der Waals surface area contributed by atoms with Crippen molar-refractivity contribution in [3.63, 3.8) is 0 Å². The van der Waals surface area contributed by atoms with Crippen LogP contribution in [0.15, 0.2) is 24.4 Å². The fourth-order valence-electron chi connectivity index (χ4n) is 4.16. The van der Waals surface area contributed by atoms with Gasteiger partial charge in [0.2, 0.25) is 0 Å². The fraction of sp³-hybridized carbons (Fsp3) is 0.611. The first-order chi connectivity index (χ1) is 10.8. The molecule has 1 saturated heterocycles. The zero-order chi connectivity index (χ0) is 14.9. The van der Waals surface area contributed by atoms with E-state index in [-0.39, 0.29) is 5.82 Å². The van der Waals surface area contributed by atoms with Crippen LogP contribution in [0.2, 0.25) is 0 Å². The fourth-order valence-corrected chi connectivity index (χ4v) is 4.16. The Morgan fingerprint density at radius 2 is 1.73 bits per heavy atom. The van der Waals surface area contributed by atoms with Gasteiger partial charge in [0.15, 0.2) is 0 Å². The van der Waals surface area contributed by atoms with Crippen LogP contribution >= 0.6 is 0 Å². The molecule has 4 heteroatoms. The van der Waals surface area contributed by atoms with Crippen molar-refractivity contribution >= 4 is 10.9 Å². The van der Waals surface area contributed by atoms with Crippen molar-refractivity contribution in [1.29, 1.82) is 0 Å². The SMILES string of the molecule is Fc1ccc2nn(C3CCN(C4CCCCC4)CC3)cc2c1. The molecule has 4 rings (SSSR count). The highest BCUT2D eigenvalue weighted by Crippen LogP contribution is 2.29. The van der Waals surface area contributed by atoms with E-state index in [1.165, 1.54) is 51.3 Å². The van der Waals surface area contributed by atoms with E-state index in [1.807, 2.05) is 6.20 Å². The molecule has 1 aromatic heterocycles. The van der Waals surface area contributed by atoms with Crippen molar-refractivity contribution in [1.82, 2.24) is 14.7 Å². The molecule has 1 aliphatic heterocycles. The van der Waals surface area contributed by atoms with E-state index < -0.39 is 0 Å². The second kappa shape index (κ2) is 5.99. The number of benzene rings is 1. The summed E-state index contributed by atoms with van der Waals surface area (Å²) in [5.41, 5.74) is 0.899. The van der Waals surface area contributed by atoms with Crippen molar-refractivity contribution in [2.75, 3.05) is 13.1 Å². The highest BCUT2D eigenvalue weighted by atomic mass is 19.1. The molecular weight excluding hydrogens is 277 g/mol. The lowest BCUT2D eigenvalue weighted by Crippen LogP contribution is -2.42. The van der Waals surface area contributed by atoms with E-state index in [0.29, 0.717) is 6.04 Å². The lowest BCUT2D eigenvalue weighted by Gasteiger charge is -2.39. The Balaban J connectivity index is 1.43. The number of fused-ring (bicyclic) bond motifs is 1. The summed E-state index contributed by atoms with van der Waals surface area (Å²) in [5.74, 6) is -0.181. The van der Waals surface area contributed by atoms with E-state index in [0.717, 1.165) is 29.8 Å². The Kier molecular flexibility index (Phi) is 3.87. The first kappa shape index (κ1) is 14.2. The molecule has 0 N–H and O–H groups in total. The van der Waals surface area contributed by atoms with Crippen LogP contribution in [0.1, 0.15) is 51.0 Å². The molecule has 1 aromatic carbocycles. The number of rotatable bonds is 2. The second-order valence-corrected chi connectivity index (χ2v) is 6.87. The van der Waals surface area contributed by atoms with Crippen LogP contribution < -0.4 is 0 Å². The first-order valence-corrected chi connectivity index (χ1v) is 8.68. The third-order valence-electron chi connectivity index (χ3n) is 5.45. The van der Waals surface area contributed by atoms with E-state index in [1.54, 1.807) is 12.1 Å². The summed E-state index contributed by atoms with van der Waals surface area (Å²) in [7, 11) is 0. The van der Waals surface area contributed by atoms with Crippen molar-refractivity contribution in [3.8, 4) is 0 Å². The molecule has 3 nitrogen and oxygen atoms in total. The Morgan fingerprint density at radius 1 is 0.955 bits per heavy atom. The summed E-state index contributed by atoms with van der Waals surface area (Å²) < 4.78 is 15.4. The summed E-state index contributed by atoms with van der Waals surface area (Å²) >= 11 is 0. The monoisotopic (exact) mass is 301 g/mol. The number of likely N-dealkylation sites (tertiary alicyclic amines) is 1. The van der Waals surface area contributed by atoms with Gasteiger partial charge >= 0.3 is 0 Å². The number of aromatic nitrogens is 2. The van der Waals surface area contributed by atoms with Crippen LogP contribution in [0.4, 0.5) is 4.39 Å². The smallest absolute Gasteiger partial charge is 0.124 e. The molecule has 118 valence electrons. The van der Waals surface area contributed by atoms with E-state index in [9.17, 15) is 4.39 Å². The quantitative estimate of drug-likeness (QED) is 0.831. The maximum atomic E-state index is 13.3. The standard InChI is InChI=1S/C18H24FN3/c19-15-6-7-18-14(12-15)13-22(20-18)17-8-10-21(11-9-17)16-4-2-1-3-5-16/h6-7,12-13,16-17H,1-5,8-11H2. The molecule has 0 amide bonds. The summed E-state index contributed by atoms with van der Waals surface area (Å²) in [6.07, 6.45) is 11.3. The molecule has 0 atom stereocenters. The molecule has 2 heterocycles. The van der Waals surface area contributed by atoms with Crippen LogP contribution in [0.3, 0.4) is 0 Å². The number of hydrogen-bond acceptors (Lipinski definition) is 2. The molecule has 0 radical (unpaired) electrons. The zero-order valence-corrected chi connectivity index (χ0v) is 13.0. The van der Waals surface area contributed by atoms with Gasteiger partial charge in [-0.15, -0.1) is 0 Å². The van der Waals surface area contributed by atoms with Crippen LogP contribution in [-0.4, -0.2) is 33.8 Å². The Bertz CT molecular complexity index is 637. The van der Waals surface area contributed by atoms with Crippen molar-refractivity contribution < 1.29 is 4.39 Å². The summed E-state index contributed by atoms with van der Waals surface area (Å²) in [6.45, 7) is 2.36. The number of piperidine rings is 1. The van der Waals surface area contributed by atoms with E-state index in [4.69, 9.17) is 0 Å². The van der Waals surface area contributed by atoms with Gasteiger partial charge in [0.25, 0.3) is 0 Å². The van der Waals surface area contributed by atoms with Crippen LogP contribution in [0.25, 0.3) is 10.9 Å². The van der Waals surface area contributed by atoms with Crippen molar-refractivity contribution in [3.05, 3.63) is 30.2 Å². The molecular formula is C18H24FN3. The minimum absolute atomic E-state index is 0.181. The topological polar surface area (TPSA) is 21.1 Å². The zero-order valence-electron chi connectivity index (χ0n) is 13.0. The molecule has 2 aromatic rings. The average Bonchev–Trinajstić information content (AvgIpc) is 2.99. The summed E-state index contributed by atoms with van der Waals surface area (Å²) in [4.78, 5) is 2.69. The Labute approximate surface area is 131 Å². The third kappa shape index (κ3) is 2.76.